The van der Waals surface area contributed by atoms with Crippen LogP contribution in [-0.4, -0.2) is 64.0 Å². The fourth-order valence-corrected chi connectivity index (χ4v) is 2.11. The highest BCUT2D eigenvalue weighted by Crippen LogP contribution is 2.11. The average molecular weight is 271 g/mol. The molecular formula is C14H29N3O2. The fraction of sp³-hybridized carbons (Fsp3) is 0.929. The van der Waals surface area contributed by atoms with Gasteiger partial charge in [0.2, 0.25) is 0 Å². The first-order valence-corrected chi connectivity index (χ1v) is 7.39. The van der Waals surface area contributed by atoms with Gasteiger partial charge in [-0.1, -0.05) is 13.3 Å². The van der Waals surface area contributed by atoms with Gasteiger partial charge in [0.25, 0.3) is 0 Å². The highest BCUT2D eigenvalue weighted by molar-refractivity contribution is 5.79. The zero-order valence-electron chi connectivity index (χ0n) is 12.7. The molecule has 5 heteroatoms. The van der Waals surface area contributed by atoms with Crippen molar-refractivity contribution in [3.8, 4) is 0 Å². The quantitative estimate of drug-likeness (QED) is 0.413. The molecule has 1 aliphatic heterocycles. The Bertz CT molecular complexity index is 253. The molecule has 5 nitrogen and oxygen atoms in total. The lowest BCUT2D eigenvalue weighted by Crippen LogP contribution is -2.40. The van der Waals surface area contributed by atoms with E-state index in [4.69, 9.17) is 9.47 Å². The molecule has 0 aromatic carbocycles. The van der Waals surface area contributed by atoms with Gasteiger partial charge in [-0.3, -0.25) is 4.99 Å². The summed E-state index contributed by atoms with van der Waals surface area (Å²) in [6.07, 6.45) is 5.00. The van der Waals surface area contributed by atoms with Crippen LogP contribution in [0.2, 0.25) is 0 Å². The lowest BCUT2D eigenvalue weighted by Gasteiger charge is -2.21. The predicted octanol–water partition coefficient (Wildman–Crippen LogP) is 1.49. The third-order valence-corrected chi connectivity index (χ3v) is 3.28. The van der Waals surface area contributed by atoms with Crippen LogP contribution in [0.25, 0.3) is 0 Å². The van der Waals surface area contributed by atoms with Crippen molar-refractivity contribution >= 4 is 5.96 Å². The van der Waals surface area contributed by atoms with Gasteiger partial charge in [0.1, 0.15) is 0 Å². The molecule has 0 aromatic heterocycles. The van der Waals surface area contributed by atoms with Gasteiger partial charge in [0.05, 0.1) is 19.3 Å². The Kier molecular flexibility index (Phi) is 8.58. The van der Waals surface area contributed by atoms with Crippen molar-refractivity contribution in [3.63, 3.8) is 0 Å². The Balaban J connectivity index is 2.05. The van der Waals surface area contributed by atoms with E-state index in [0.29, 0.717) is 19.3 Å². The second-order valence-electron chi connectivity index (χ2n) is 4.96. The molecule has 1 N–H and O–H groups in total. The van der Waals surface area contributed by atoms with Crippen LogP contribution >= 0.6 is 0 Å². The molecule has 1 aliphatic rings. The molecule has 0 spiro atoms. The Morgan fingerprint density at radius 3 is 3.00 bits per heavy atom. The molecule has 0 aliphatic carbocycles. The van der Waals surface area contributed by atoms with E-state index >= 15 is 0 Å². The maximum atomic E-state index is 5.61. The minimum absolute atomic E-state index is 0.312. The van der Waals surface area contributed by atoms with Crippen molar-refractivity contribution in [1.82, 2.24) is 10.2 Å². The standard InChI is InChI=1S/C14H29N3O2/c1-4-5-9-17(3)14(15-2)16-8-11-18-12-13-7-6-10-19-13/h13H,4-12H2,1-3H3,(H,15,16). The zero-order chi connectivity index (χ0) is 13.9. The number of guanidine groups is 1. The predicted molar refractivity (Wildman–Crippen MR) is 78.7 cm³/mol. The van der Waals surface area contributed by atoms with Crippen LogP contribution in [0, 0.1) is 0 Å². The average Bonchev–Trinajstić information content (AvgIpc) is 2.93. The van der Waals surface area contributed by atoms with Crippen LogP contribution in [0.4, 0.5) is 0 Å². The normalized spacial score (nSPS) is 19.7. The van der Waals surface area contributed by atoms with Crippen molar-refractivity contribution in [1.29, 1.82) is 0 Å². The van der Waals surface area contributed by atoms with Crippen LogP contribution in [0.5, 0.6) is 0 Å². The highest BCUT2D eigenvalue weighted by atomic mass is 16.5. The van der Waals surface area contributed by atoms with Crippen molar-refractivity contribution < 1.29 is 9.47 Å². The van der Waals surface area contributed by atoms with Gasteiger partial charge in [0, 0.05) is 33.8 Å². The number of aliphatic imine (C=N–C) groups is 1. The summed E-state index contributed by atoms with van der Waals surface area (Å²) in [6, 6.07) is 0. The molecule has 1 atom stereocenters. The van der Waals surface area contributed by atoms with Crippen LogP contribution in [0.15, 0.2) is 4.99 Å². The molecule has 1 rings (SSSR count). The number of hydrogen-bond donors (Lipinski definition) is 1. The first kappa shape index (κ1) is 16.2. The number of nitrogens with zero attached hydrogens (tertiary/aromatic N) is 2. The van der Waals surface area contributed by atoms with Crippen molar-refractivity contribution in [2.24, 2.45) is 4.99 Å². The van der Waals surface area contributed by atoms with Gasteiger partial charge in [-0.2, -0.15) is 0 Å². The lowest BCUT2D eigenvalue weighted by molar-refractivity contribution is 0.0190. The number of nitrogens with one attached hydrogen (secondary N) is 1. The van der Waals surface area contributed by atoms with Gasteiger partial charge in [0.15, 0.2) is 5.96 Å². The van der Waals surface area contributed by atoms with Crippen LogP contribution < -0.4 is 5.32 Å². The summed E-state index contributed by atoms with van der Waals surface area (Å²) < 4.78 is 11.1. The zero-order valence-corrected chi connectivity index (χ0v) is 12.7. The SMILES string of the molecule is CCCCN(C)C(=NC)NCCOCC1CCCO1. The monoisotopic (exact) mass is 271 g/mol. The maximum absolute atomic E-state index is 5.61. The van der Waals surface area contributed by atoms with E-state index in [9.17, 15) is 0 Å². The molecule has 19 heavy (non-hydrogen) atoms. The molecule has 112 valence electrons. The van der Waals surface area contributed by atoms with Crippen molar-refractivity contribution in [3.05, 3.63) is 0 Å². The Morgan fingerprint density at radius 2 is 2.37 bits per heavy atom. The number of unbranched alkanes of at least 4 members (excludes halogenated alkanes) is 1. The molecule has 0 bridgehead atoms. The third-order valence-electron chi connectivity index (χ3n) is 3.28. The fourth-order valence-electron chi connectivity index (χ4n) is 2.11. The van der Waals surface area contributed by atoms with Crippen molar-refractivity contribution in [2.75, 3.05) is 47.0 Å². The highest BCUT2D eigenvalue weighted by Gasteiger charge is 2.15. The molecule has 1 heterocycles. The van der Waals surface area contributed by atoms with E-state index in [0.717, 1.165) is 32.1 Å². The minimum atomic E-state index is 0.312. The number of ether oxygens (including phenoxy) is 2. The minimum Gasteiger partial charge on any atom is -0.377 e. The van der Waals surface area contributed by atoms with E-state index in [1.165, 1.54) is 19.3 Å². The van der Waals surface area contributed by atoms with E-state index in [2.05, 4.69) is 29.2 Å². The van der Waals surface area contributed by atoms with E-state index < -0.39 is 0 Å². The molecule has 0 aromatic rings. The Labute approximate surface area is 117 Å². The Hall–Kier alpha value is -0.810. The third kappa shape index (κ3) is 6.78. The molecule has 1 unspecified atom stereocenters. The maximum Gasteiger partial charge on any atom is 0.193 e. The topological polar surface area (TPSA) is 46.1 Å². The molecule has 1 saturated heterocycles. The number of rotatable bonds is 8. The van der Waals surface area contributed by atoms with Crippen molar-refractivity contribution in [2.45, 2.75) is 38.7 Å². The lowest BCUT2D eigenvalue weighted by atomic mass is 10.2. The van der Waals surface area contributed by atoms with Gasteiger partial charge in [-0.05, 0) is 19.3 Å². The summed E-state index contributed by atoms with van der Waals surface area (Å²) >= 11 is 0. The molecular weight excluding hydrogens is 242 g/mol. The smallest absolute Gasteiger partial charge is 0.193 e. The van der Waals surface area contributed by atoms with Gasteiger partial charge >= 0.3 is 0 Å². The first-order valence-electron chi connectivity index (χ1n) is 7.39. The summed E-state index contributed by atoms with van der Waals surface area (Å²) in [5.74, 6) is 0.939. The summed E-state index contributed by atoms with van der Waals surface area (Å²) in [7, 11) is 3.89. The van der Waals surface area contributed by atoms with Gasteiger partial charge in [-0.25, -0.2) is 0 Å². The summed E-state index contributed by atoms with van der Waals surface area (Å²) in [6.45, 7) is 6.32. The van der Waals surface area contributed by atoms with Gasteiger partial charge < -0.3 is 19.7 Å². The van der Waals surface area contributed by atoms with Crippen LogP contribution in [0.3, 0.4) is 0 Å². The first-order chi connectivity index (χ1) is 9.27. The molecule has 0 radical (unpaired) electrons. The number of hydrogen-bond acceptors (Lipinski definition) is 3. The summed E-state index contributed by atoms with van der Waals surface area (Å²) in [5.41, 5.74) is 0. The molecule has 0 amide bonds. The second-order valence-corrected chi connectivity index (χ2v) is 4.96. The summed E-state index contributed by atoms with van der Waals surface area (Å²) in [4.78, 5) is 6.42. The summed E-state index contributed by atoms with van der Waals surface area (Å²) in [5, 5.41) is 3.31. The van der Waals surface area contributed by atoms with Gasteiger partial charge in [-0.15, -0.1) is 0 Å². The largest absolute Gasteiger partial charge is 0.377 e. The second kappa shape index (κ2) is 10.0. The van der Waals surface area contributed by atoms with E-state index in [-0.39, 0.29) is 0 Å². The van der Waals surface area contributed by atoms with E-state index in [1.807, 2.05) is 7.05 Å². The van der Waals surface area contributed by atoms with Crippen LogP contribution in [0.1, 0.15) is 32.6 Å². The van der Waals surface area contributed by atoms with E-state index in [1.54, 1.807) is 0 Å². The van der Waals surface area contributed by atoms with Crippen LogP contribution in [-0.2, 0) is 9.47 Å². The molecule has 1 fully saturated rings. The Morgan fingerprint density at radius 1 is 1.53 bits per heavy atom. The molecule has 0 saturated carbocycles.